The molecule has 14 nitrogen and oxygen atoms in total. The lowest BCUT2D eigenvalue weighted by atomic mass is 10.1. The Labute approximate surface area is 297 Å². The van der Waals surface area contributed by atoms with E-state index in [1.54, 1.807) is 7.11 Å². The van der Waals surface area contributed by atoms with Crippen LogP contribution >= 0.6 is 0 Å². The second-order valence-corrected chi connectivity index (χ2v) is 13.1. The number of guanidine groups is 1. The summed E-state index contributed by atoms with van der Waals surface area (Å²) in [5, 5.41) is 15.1. The number of piperazine rings is 1. The average Bonchev–Trinajstić information content (AvgIpc) is 3.45. The first-order chi connectivity index (χ1) is 24.0. The van der Waals surface area contributed by atoms with Crippen molar-refractivity contribution in [3.63, 3.8) is 0 Å². The van der Waals surface area contributed by atoms with E-state index in [2.05, 4.69) is 69.7 Å². The number of unbranched alkanes of at least 4 members (excludes halogenated alkanes) is 3. The van der Waals surface area contributed by atoms with Crippen LogP contribution in [0.3, 0.4) is 0 Å². The van der Waals surface area contributed by atoms with Gasteiger partial charge in [0.25, 0.3) is 0 Å². The molecule has 9 N–H and O–H groups in total. The molecule has 2 amide bonds. The largest absolute Gasteiger partial charge is 0.496 e. The topological polar surface area (TPSA) is 205 Å². The van der Waals surface area contributed by atoms with E-state index in [4.69, 9.17) is 27.0 Å². The molecule has 3 rings (SSSR count). The van der Waals surface area contributed by atoms with Crippen LogP contribution in [0.5, 0.6) is 5.75 Å². The van der Waals surface area contributed by atoms with Crippen LogP contribution in [0.1, 0.15) is 82.8 Å². The number of hydrogen-bond donors (Lipinski definition) is 6. The van der Waals surface area contributed by atoms with Gasteiger partial charge in [0.15, 0.2) is 5.96 Å². The summed E-state index contributed by atoms with van der Waals surface area (Å²) in [6.07, 6.45) is 10.3. The van der Waals surface area contributed by atoms with Crippen LogP contribution in [0.4, 0.5) is 0 Å². The molecule has 0 bridgehead atoms. The lowest BCUT2D eigenvalue weighted by Crippen LogP contribution is -2.48. The van der Waals surface area contributed by atoms with Crippen LogP contribution in [0.2, 0.25) is 0 Å². The summed E-state index contributed by atoms with van der Waals surface area (Å²) in [7, 11) is 1.69. The van der Waals surface area contributed by atoms with E-state index >= 15 is 0 Å². The van der Waals surface area contributed by atoms with Gasteiger partial charge in [-0.25, -0.2) is 0 Å². The maximum atomic E-state index is 12.8. The van der Waals surface area contributed by atoms with Gasteiger partial charge in [0, 0.05) is 76.3 Å². The number of rotatable bonds is 21. The minimum absolute atomic E-state index is 0.0218. The third-order valence-electron chi connectivity index (χ3n) is 9.05. The SMILES string of the molecule is CCCCCN/C(N=C(N)N)=C1/C(C)C=CN1Cc1ccc(CN2CCN(C(=O)CCCC(=O)NCCCCC(N)C(=O)O)CC2)cc1OC. The molecule has 0 radical (unpaired) electrons. The predicted octanol–water partition coefficient (Wildman–Crippen LogP) is 2.40. The molecular formula is C36H59N9O5. The van der Waals surface area contributed by atoms with Crippen LogP contribution in [0.25, 0.3) is 0 Å². The van der Waals surface area contributed by atoms with E-state index in [-0.39, 0.29) is 30.1 Å². The van der Waals surface area contributed by atoms with Gasteiger partial charge < -0.3 is 47.5 Å². The van der Waals surface area contributed by atoms with Crippen molar-refractivity contribution in [2.75, 3.05) is 46.4 Å². The van der Waals surface area contributed by atoms with E-state index in [0.29, 0.717) is 64.1 Å². The number of aliphatic carboxylic acids is 1. The van der Waals surface area contributed by atoms with Crippen molar-refractivity contribution >= 4 is 23.7 Å². The Balaban J connectivity index is 1.46. The van der Waals surface area contributed by atoms with Crippen LogP contribution in [0.15, 0.2) is 47.0 Å². The predicted molar refractivity (Wildman–Crippen MR) is 195 cm³/mol. The smallest absolute Gasteiger partial charge is 0.320 e. The second-order valence-electron chi connectivity index (χ2n) is 13.1. The first-order valence-electron chi connectivity index (χ1n) is 18.0. The van der Waals surface area contributed by atoms with E-state index in [1.807, 2.05) is 4.90 Å². The Morgan fingerprint density at radius 3 is 2.40 bits per heavy atom. The molecule has 2 unspecified atom stereocenters. The van der Waals surface area contributed by atoms with E-state index in [0.717, 1.165) is 68.0 Å². The number of carboxylic acids is 1. The number of amides is 2. The van der Waals surface area contributed by atoms with E-state index < -0.39 is 12.0 Å². The van der Waals surface area contributed by atoms with Crippen LogP contribution in [-0.4, -0.2) is 96.0 Å². The fraction of sp³-hybridized carbons (Fsp3) is 0.611. The summed E-state index contributed by atoms with van der Waals surface area (Å²) in [5.41, 5.74) is 20.3. The molecule has 1 fully saturated rings. The number of carbonyl (C=O) groups excluding carboxylic acids is 2. The fourth-order valence-corrected chi connectivity index (χ4v) is 6.16. The molecule has 50 heavy (non-hydrogen) atoms. The van der Waals surface area contributed by atoms with Gasteiger partial charge in [-0.3, -0.25) is 19.3 Å². The van der Waals surface area contributed by atoms with Crippen molar-refractivity contribution in [1.29, 1.82) is 0 Å². The van der Waals surface area contributed by atoms with Gasteiger partial charge in [-0.05, 0) is 43.7 Å². The molecule has 1 saturated heterocycles. The number of ether oxygens (including phenoxy) is 1. The lowest BCUT2D eigenvalue weighted by Gasteiger charge is -2.35. The monoisotopic (exact) mass is 697 g/mol. The molecular weight excluding hydrogens is 638 g/mol. The molecule has 14 heteroatoms. The highest BCUT2D eigenvalue weighted by Gasteiger charge is 2.25. The van der Waals surface area contributed by atoms with Crippen molar-refractivity contribution in [1.82, 2.24) is 25.3 Å². The first-order valence-corrected chi connectivity index (χ1v) is 18.0. The minimum Gasteiger partial charge on any atom is -0.496 e. The van der Waals surface area contributed by atoms with Gasteiger partial charge in [-0.1, -0.05) is 44.9 Å². The fourth-order valence-electron chi connectivity index (χ4n) is 6.16. The molecule has 2 aliphatic heterocycles. The third kappa shape index (κ3) is 13.2. The zero-order chi connectivity index (χ0) is 36.5. The Hall–Kier alpha value is -4.30. The highest BCUT2D eigenvalue weighted by Crippen LogP contribution is 2.32. The Kier molecular flexibility index (Phi) is 16.9. The number of methoxy groups -OCH3 is 1. The minimum atomic E-state index is -1.01. The van der Waals surface area contributed by atoms with Crippen molar-refractivity contribution in [2.24, 2.45) is 28.1 Å². The zero-order valence-electron chi connectivity index (χ0n) is 30.2. The normalized spacial score (nSPS) is 17.7. The summed E-state index contributed by atoms with van der Waals surface area (Å²) in [5.74, 6) is 0.637. The summed E-state index contributed by atoms with van der Waals surface area (Å²) < 4.78 is 5.84. The van der Waals surface area contributed by atoms with E-state index in [1.165, 1.54) is 0 Å². The lowest BCUT2D eigenvalue weighted by molar-refractivity contribution is -0.138. The molecule has 0 spiro atoms. The standard InChI is InChI=1S/C36H59N9O5/c1-4-5-7-17-41-34(42-36(38)39)33-26(2)15-18-45(33)25-28-14-13-27(23-30(28)50-3)24-43-19-21-44(22-20-43)32(47)12-9-11-31(46)40-16-8-6-10-29(37)35(48)49/h13-15,18,23,26,29,41H,4-12,16-17,19-22,24-25,37H2,1-3H3,(H,40,46)(H,48,49)(H4,38,39,42)/b34-33+. The van der Waals surface area contributed by atoms with Crippen LogP contribution in [-0.2, 0) is 27.5 Å². The van der Waals surface area contributed by atoms with Crippen molar-refractivity contribution in [3.05, 3.63) is 53.1 Å². The summed E-state index contributed by atoms with van der Waals surface area (Å²) >= 11 is 0. The van der Waals surface area contributed by atoms with Gasteiger partial charge in [0.2, 0.25) is 11.8 Å². The van der Waals surface area contributed by atoms with Crippen LogP contribution in [0, 0.1) is 5.92 Å². The number of nitrogens with two attached hydrogens (primary N) is 3. The average molecular weight is 698 g/mol. The van der Waals surface area contributed by atoms with Gasteiger partial charge in [-0.15, -0.1) is 0 Å². The third-order valence-corrected chi connectivity index (χ3v) is 9.05. The number of nitrogens with one attached hydrogen (secondary N) is 2. The number of carboxylic acid groups (broad SMARTS) is 1. The quantitative estimate of drug-likeness (QED) is 0.0625. The Bertz CT molecular complexity index is 1350. The maximum Gasteiger partial charge on any atom is 0.320 e. The molecule has 2 atom stereocenters. The van der Waals surface area contributed by atoms with E-state index in [9.17, 15) is 14.4 Å². The molecule has 0 saturated carbocycles. The molecule has 2 aliphatic rings. The zero-order valence-corrected chi connectivity index (χ0v) is 30.2. The molecule has 1 aromatic rings. The van der Waals surface area contributed by atoms with Crippen molar-refractivity contribution in [3.8, 4) is 5.75 Å². The van der Waals surface area contributed by atoms with Gasteiger partial charge in [0.1, 0.15) is 17.6 Å². The highest BCUT2D eigenvalue weighted by atomic mass is 16.5. The molecule has 0 aromatic heterocycles. The Morgan fingerprint density at radius 2 is 1.72 bits per heavy atom. The summed E-state index contributed by atoms with van der Waals surface area (Å²) in [6.45, 7) is 9.77. The highest BCUT2D eigenvalue weighted by molar-refractivity contribution is 5.79. The van der Waals surface area contributed by atoms with Crippen LogP contribution < -0.4 is 32.6 Å². The summed E-state index contributed by atoms with van der Waals surface area (Å²) in [6, 6.07) is 5.48. The van der Waals surface area contributed by atoms with Gasteiger partial charge in [-0.2, -0.15) is 4.99 Å². The second kappa shape index (κ2) is 21.0. The van der Waals surface area contributed by atoms with Crippen molar-refractivity contribution < 1.29 is 24.2 Å². The number of aliphatic imine (C=N–C) groups is 1. The summed E-state index contributed by atoms with van der Waals surface area (Å²) in [4.78, 5) is 46.5. The number of benzene rings is 1. The maximum absolute atomic E-state index is 12.8. The first kappa shape index (κ1) is 40.1. The van der Waals surface area contributed by atoms with Gasteiger partial charge >= 0.3 is 5.97 Å². The van der Waals surface area contributed by atoms with Crippen molar-refractivity contribution in [2.45, 2.75) is 90.8 Å². The van der Waals surface area contributed by atoms with Gasteiger partial charge in [0.05, 0.1) is 19.4 Å². The molecule has 2 heterocycles. The number of allylic oxidation sites excluding steroid dienone is 1. The molecule has 0 aliphatic carbocycles. The number of hydrogen-bond acceptors (Lipinski definition) is 9. The number of carbonyl (C=O) groups is 3. The molecule has 278 valence electrons. The number of nitrogens with zero attached hydrogens (tertiary/aromatic N) is 4. The Morgan fingerprint density at radius 1 is 1.00 bits per heavy atom. The molecule has 1 aromatic carbocycles.